The third kappa shape index (κ3) is 3.03. The minimum absolute atomic E-state index is 0.619. The van der Waals surface area contributed by atoms with Crippen LogP contribution in [0.1, 0.15) is 62.7 Å². The smallest absolute Gasteiger partial charge is 0.0853 e. The molecule has 0 amide bonds. The standard InChI is InChI=1S/C16H23IN4/c1-3-14-16(17)15(4-2)21(19-14)11-12-9-10-20(18-12)13-7-5-6-8-13/h9-10,13H,3-8,11H2,1-2H3. The molecule has 1 saturated carbocycles. The number of halogens is 1. The molecule has 0 unspecified atom stereocenters. The maximum Gasteiger partial charge on any atom is 0.0853 e. The summed E-state index contributed by atoms with van der Waals surface area (Å²) in [5.41, 5.74) is 3.67. The SMILES string of the molecule is CCc1nn(Cc2ccn(C3CCCC3)n2)c(CC)c1I. The molecule has 0 spiro atoms. The van der Waals surface area contributed by atoms with Gasteiger partial charge >= 0.3 is 0 Å². The zero-order valence-corrected chi connectivity index (χ0v) is 15.0. The van der Waals surface area contributed by atoms with E-state index in [0.717, 1.165) is 25.1 Å². The molecule has 2 aromatic rings. The van der Waals surface area contributed by atoms with Gasteiger partial charge in [-0.3, -0.25) is 9.36 Å². The predicted octanol–water partition coefficient (Wildman–Crippen LogP) is 3.97. The lowest BCUT2D eigenvalue weighted by Crippen LogP contribution is -2.09. The molecule has 0 atom stereocenters. The van der Waals surface area contributed by atoms with Gasteiger partial charge in [0, 0.05) is 6.20 Å². The number of aromatic nitrogens is 4. The van der Waals surface area contributed by atoms with Crippen LogP contribution in [0.5, 0.6) is 0 Å². The van der Waals surface area contributed by atoms with E-state index < -0.39 is 0 Å². The Hall–Kier alpha value is -0.850. The average molecular weight is 398 g/mol. The Bertz CT molecular complexity index is 608. The monoisotopic (exact) mass is 398 g/mol. The number of hydrogen-bond donors (Lipinski definition) is 0. The Labute approximate surface area is 140 Å². The Morgan fingerprint density at radius 2 is 1.95 bits per heavy atom. The Morgan fingerprint density at radius 1 is 1.19 bits per heavy atom. The van der Waals surface area contributed by atoms with E-state index in [1.54, 1.807) is 0 Å². The highest BCUT2D eigenvalue weighted by Crippen LogP contribution is 2.28. The van der Waals surface area contributed by atoms with E-state index in [-0.39, 0.29) is 0 Å². The second-order valence-electron chi connectivity index (χ2n) is 5.80. The molecule has 1 aliphatic carbocycles. The van der Waals surface area contributed by atoms with Crippen molar-refractivity contribution in [2.24, 2.45) is 0 Å². The van der Waals surface area contributed by atoms with Gasteiger partial charge in [-0.2, -0.15) is 10.2 Å². The van der Waals surface area contributed by atoms with Crippen molar-refractivity contribution in [3.05, 3.63) is 32.9 Å². The highest BCUT2D eigenvalue weighted by atomic mass is 127. The Balaban J connectivity index is 1.80. The van der Waals surface area contributed by atoms with Crippen molar-refractivity contribution in [1.82, 2.24) is 19.6 Å². The molecular weight excluding hydrogens is 375 g/mol. The van der Waals surface area contributed by atoms with Crippen molar-refractivity contribution in [2.45, 2.75) is 65.0 Å². The average Bonchev–Trinajstić information content (AvgIpc) is 3.19. The highest BCUT2D eigenvalue weighted by molar-refractivity contribution is 14.1. The van der Waals surface area contributed by atoms with E-state index in [2.05, 4.69) is 58.1 Å². The third-order valence-corrected chi connectivity index (χ3v) is 5.65. The van der Waals surface area contributed by atoms with Gasteiger partial charge in [0.2, 0.25) is 0 Å². The van der Waals surface area contributed by atoms with Crippen LogP contribution < -0.4 is 0 Å². The summed E-state index contributed by atoms with van der Waals surface area (Å²) in [4.78, 5) is 0. The zero-order valence-electron chi connectivity index (χ0n) is 12.8. The van der Waals surface area contributed by atoms with Crippen LogP contribution >= 0.6 is 22.6 Å². The number of rotatable bonds is 5. The van der Waals surface area contributed by atoms with Gasteiger partial charge in [0.1, 0.15) is 0 Å². The largest absolute Gasteiger partial charge is 0.269 e. The lowest BCUT2D eigenvalue weighted by Gasteiger charge is -2.09. The van der Waals surface area contributed by atoms with Gasteiger partial charge < -0.3 is 0 Å². The van der Waals surface area contributed by atoms with Crippen LogP contribution in [0.25, 0.3) is 0 Å². The van der Waals surface area contributed by atoms with Gasteiger partial charge in [0.05, 0.1) is 33.2 Å². The molecule has 3 rings (SSSR count). The van der Waals surface area contributed by atoms with Gasteiger partial charge in [-0.05, 0) is 54.3 Å². The quantitative estimate of drug-likeness (QED) is 0.715. The topological polar surface area (TPSA) is 35.6 Å². The molecule has 0 radical (unpaired) electrons. The second-order valence-corrected chi connectivity index (χ2v) is 6.88. The fraction of sp³-hybridized carbons (Fsp3) is 0.625. The summed E-state index contributed by atoms with van der Waals surface area (Å²) >= 11 is 2.43. The molecule has 1 fully saturated rings. The van der Waals surface area contributed by atoms with Crippen LogP contribution in [0, 0.1) is 3.57 Å². The first kappa shape index (κ1) is 15.1. The molecule has 114 valence electrons. The summed E-state index contributed by atoms with van der Waals surface area (Å²) in [7, 11) is 0. The Kier molecular flexibility index (Phi) is 4.66. The maximum absolute atomic E-state index is 4.78. The Morgan fingerprint density at radius 3 is 2.62 bits per heavy atom. The van der Waals surface area contributed by atoms with Crippen molar-refractivity contribution in [3.8, 4) is 0 Å². The fourth-order valence-corrected chi connectivity index (χ4v) is 4.36. The van der Waals surface area contributed by atoms with Crippen LogP contribution in [0.2, 0.25) is 0 Å². The van der Waals surface area contributed by atoms with Gasteiger partial charge in [-0.15, -0.1) is 0 Å². The first-order valence-corrected chi connectivity index (χ1v) is 9.08. The molecule has 0 saturated heterocycles. The first-order valence-electron chi connectivity index (χ1n) is 8.01. The third-order valence-electron chi connectivity index (χ3n) is 4.40. The van der Waals surface area contributed by atoms with Crippen LogP contribution in [0.3, 0.4) is 0 Å². The van der Waals surface area contributed by atoms with E-state index >= 15 is 0 Å². The molecule has 1 aliphatic rings. The molecule has 0 N–H and O–H groups in total. The van der Waals surface area contributed by atoms with Crippen molar-refractivity contribution in [3.63, 3.8) is 0 Å². The molecular formula is C16H23IN4. The van der Waals surface area contributed by atoms with Crippen molar-refractivity contribution in [2.75, 3.05) is 0 Å². The minimum Gasteiger partial charge on any atom is -0.269 e. The van der Waals surface area contributed by atoms with E-state index in [4.69, 9.17) is 10.2 Å². The van der Waals surface area contributed by atoms with Crippen LogP contribution in [0.15, 0.2) is 12.3 Å². The normalized spacial score (nSPS) is 16.0. The number of aryl methyl sites for hydroxylation is 1. The number of hydrogen-bond acceptors (Lipinski definition) is 2. The first-order chi connectivity index (χ1) is 10.2. The molecule has 0 bridgehead atoms. The van der Waals surface area contributed by atoms with Crippen molar-refractivity contribution < 1.29 is 0 Å². The van der Waals surface area contributed by atoms with Crippen molar-refractivity contribution in [1.29, 1.82) is 0 Å². The van der Waals surface area contributed by atoms with Gasteiger partial charge in [0.15, 0.2) is 0 Å². The molecule has 0 aliphatic heterocycles. The molecule has 5 heteroatoms. The van der Waals surface area contributed by atoms with E-state index in [0.29, 0.717) is 6.04 Å². The zero-order chi connectivity index (χ0) is 14.8. The molecule has 4 nitrogen and oxygen atoms in total. The summed E-state index contributed by atoms with van der Waals surface area (Å²) in [5.74, 6) is 0. The summed E-state index contributed by atoms with van der Waals surface area (Å²) in [6.45, 7) is 5.16. The highest BCUT2D eigenvalue weighted by Gasteiger charge is 2.18. The minimum atomic E-state index is 0.619. The molecule has 2 heterocycles. The van der Waals surface area contributed by atoms with E-state index in [1.807, 2.05) is 0 Å². The maximum atomic E-state index is 4.78. The molecule has 0 aromatic carbocycles. The summed E-state index contributed by atoms with van der Waals surface area (Å²) < 4.78 is 5.64. The van der Waals surface area contributed by atoms with Crippen LogP contribution in [0.4, 0.5) is 0 Å². The van der Waals surface area contributed by atoms with E-state index in [9.17, 15) is 0 Å². The number of nitrogens with zero attached hydrogens (tertiary/aromatic N) is 4. The van der Waals surface area contributed by atoms with Crippen LogP contribution in [-0.4, -0.2) is 19.6 Å². The second kappa shape index (κ2) is 6.50. The van der Waals surface area contributed by atoms with Gasteiger partial charge in [-0.1, -0.05) is 26.7 Å². The lowest BCUT2D eigenvalue weighted by molar-refractivity contribution is 0.460. The predicted molar refractivity (Wildman–Crippen MR) is 92.5 cm³/mol. The summed E-state index contributed by atoms with van der Waals surface area (Å²) in [6, 6.07) is 2.77. The molecule has 21 heavy (non-hydrogen) atoms. The van der Waals surface area contributed by atoms with E-state index in [1.165, 1.54) is 40.6 Å². The van der Waals surface area contributed by atoms with Gasteiger partial charge in [-0.25, -0.2) is 0 Å². The fourth-order valence-electron chi connectivity index (χ4n) is 3.21. The lowest BCUT2D eigenvalue weighted by atomic mass is 10.2. The van der Waals surface area contributed by atoms with Crippen molar-refractivity contribution >= 4 is 22.6 Å². The van der Waals surface area contributed by atoms with Gasteiger partial charge in [0.25, 0.3) is 0 Å². The summed E-state index contributed by atoms with van der Waals surface area (Å²) in [6.07, 6.45) is 9.41. The molecule has 2 aromatic heterocycles. The van der Waals surface area contributed by atoms with Crippen LogP contribution in [-0.2, 0) is 19.4 Å². The summed E-state index contributed by atoms with van der Waals surface area (Å²) in [5, 5.41) is 9.54.